The Bertz CT molecular complexity index is 1030. The zero-order chi connectivity index (χ0) is 20.9. The smallest absolute Gasteiger partial charge is 0.265 e. The van der Waals surface area contributed by atoms with Crippen molar-refractivity contribution in [2.45, 2.75) is 37.6 Å². The van der Waals surface area contributed by atoms with Gasteiger partial charge in [-0.25, -0.2) is 18.7 Å². The Morgan fingerprint density at radius 1 is 1.13 bits per heavy atom. The molecule has 0 saturated carbocycles. The summed E-state index contributed by atoms with van der Waals surface area (Å²) in [4.78, 5) is 37.9. The first-order chi connectivity index (χ1) is 14.4. The zero-order valence-electron chi connectivity index (χ0n) is 16.5. The first-order valence-electron chi connectivity index (χ1n) is 10.3. The number of hydrogen-bond donors (Lipinski definition) is 0. The summed E-state index contributed by atoms with van der Waals surface area (Å²) in [6, 6.07) is 5.11. The number of pyridine rings is 1. The van der Waals surface area contributed by atoms with Gasteiger partial charge in [-0.05, 0) is 37.0 Å². The molecule has 3 aliphatic heterocycles. The first-order valence-corrected chi connectivity index (χ1v) is 10.3. The van der Waals surface area contributed by atoms with Crippen molar-refractivity contribution in [3.63, 3.8) is 0 Å². The van der Waals surface area contributed by atoms with E-state index >= 15 is 0 Å². The predicted molar refractivity (Wildman–Crippen MR) is 106 cm³/mol. The number of anilines is 1. The minimum atomic E-state index is -2.89. The van der Waals surface area contributed by atoms with Gasteiger partial charge < -0.3 is 14.4 Å². The van der Waals surface area contributed by atoms with Crippen LogP contribution in [0, 0.1) is 5.92 Å². The number of hydrogen-bond acceptors (Lipinski definition) is 5. The Morgan fingerprint density at radius 3 is 2.70 bits per heavy atom. The van der Waals surface area contributed by atoms with Gasteiger partial charge in [-0.2, -0.15) is 0 Å². The molecule has 0 N–H and O–H groups in total. The van der Waals surface area contributed by atoms with Crippen molar-refractivity contribution in [2.24, 2.45) is 5.92 Å². The standard InChI is InChI=1S/C21H23F2N5O2/c22-21(23)5-1-8-26(13-21)18(29)16-3-4-17-15-9-14(11-28(17)19(16)30)10-27(12-15)20-24-6-2-7-25-20/h2-4,6-7,14-15H,1,5,8-13H2/t14-,15+/m0/s1. The van der Waals surface area contributed by atoms with Gasteiger partial charge in [0.05, 0.1) is 6.54 Å². The molecule has 2 atom stereocenters. The van der Waals surface area contributed by atoms with Gasteiger partial charge in [-0.1, -0.05) is 0 Å². The molecule has 0 aromatic carbocycles. The highest BCUT2D eigenvalue weighted by atomic mass is 19.3. The molecule has 0 unspecified atom stereocenters. The Balaban J connectivity index is 1.42. The van der Waals surface area contributed by atoms with Crippen LogP contribution in [0.1, 0.15) is 41.2 Å². The number of fused-ring (bicyclic) bond motifs is 4. The number of rotatable bonds is 2. The van der Waals surface area contributed by atoms with Crippen LogP contribution in [0.25, 0.3) is 0 Å². The third-order valence-electron chi connectivity index (χ3n) is 6.35. The van der Waals surface area contributed by atoms with E-state index in [-0.39, 0.29) is 42.3 Å². The van der Waals surface area contributed by atoms with Crippen LogP contribution in [0.15, 0.2) is 35.4 Å². The number of carbonyl (C=O) groups is 1. The van der Waals surface area contributed by atoms with Crippen molar-refractivity contribution in [2.75, 3.05) is 31.1 Å². The molecule has 2 bridgehead atoms. The summed E-state index contributed by atoms with van der Waals surface area (Å²) >= 11 is 0. The maximum Gasteiger partial charge on any atom is 0.265 e. The normalized spacial score (nSPS) is 25.0. The van der Waals surface area contributed by atoms with Gasteiger partial charge in [0.1, 0.15) is 5.56 Å². The molecule has 0 aliphatic carbocycles. The lowest BCUT2D eigenvalue weighted by Crippen LogP contribution is -2.50. The highest BCUT2D eigenvalue weighted by Gasteiger charge is 2.39. The number of piperidine rings is 2. The predicted octanol–water partition coefficient (Wildman–Crippen LogP) is 2.13. The largest absolute Gasteiger partial charge is 0.340 e. The van der Waals surface area contributed by atoms with Gasteiger partial charge >= 0.3 is 0 Å². The number of alkyl halides is 2. The highest BCUT2D eigenvalue weighted by molar-refractivity contribution is 5.94. The van der Waals surface area contributed by atoms with Crippen molar-refractivity contribution in [1.82, 2.24) is 19.4 Å². The van der Waals surface area contributed by atoms with Crippen molar-refractivity contribution < 1.29 is 13.6 Å². The summed E-state index contributed by atoms with van der Waals surface area (Å²) in [7, 11) is 0. The molecule has 2 fully saturated rings. The average Bonchev–Trinajstić information content (AvgIpc) is 2.74. The van der Waals surface area contributed by atoms with Gasteiger partial charge in [0, 0.05) is 56.6 Å². The second-order valence-corrected chi connectivity index (χ2v) is 8.53. The number of amides is 1. The van der Waals surface area contributed by atoms with Crippen molar-refractivity contribution in [3.8, 4) is 0 Å². The maximum absolute atomic E-state index is 13.7. The first kappa shape index (κ1) is 19.1. The van der Waals surface area contributed by atoms with E-state index in [2.05, 4.69) is 14.9 Å². The van der Waals surface area contributed by atoms with E-state index in [1.807, 2.05) is 6.07 Å². The summed E-state index contributed by atoms with van der Waals surface area (Å²) in [5.41, 5.74) is 0.502. The fourth-order valence-electron chi connectivity index (χ4n) is 5.04. The van der Waals surface area contributed by atoms with Gasteiger partial charge in [-0.15, -0.1) is 0 Å². The van der Waals surface area contributed by atoms with Crippen LogP contribution >= 0.6 is 0 Å². The van der Waals surface area contributed by atoms with E-state index in [0.29, 0.717) is 19.0 Å². The average molecular weight is 415 g/mol. The molecule has 3 aliphatic rings. The molecule has 2 aromatic rings. The van der Waals surface area contributed by atoms with Crippen LogP contribution in [0.2, 0.25) is 0 Å². The molecular formula is C21H23F2N5O2. The molecule has 1 amide bonds. The van der Waals surface area contributed by atoms with Gasteiger partial charge in [0.2, 0.25) is 5.95 Å². The fraction of sp³-hybridized carbons (Fsp3) is 0.524. The minimum absolute atomic E-state index is 0.0142. The Kier molecular flexibility index (Phi) is 4.56. The molecular weight excluding hydrogens is 392 g/mol. The lowest BCUT2D eigenvalue weighted by molar-refractivity contribution is -0.0560. The number of nitrogens with zero attached hydrogens (tertiary/aromatic N) is 5. The second kappa shape index (κ2) is 7.14. The molecule has 0 radical (unpaired) electrons. The third-order valence-corrected chi connectivity index (χ3v) is 6.35. The van der Waals surface area contributed by atoms with Crippen molar-refractivity contribution in [3.05, 3.63) is 52.2 Å². The summed E-state index contributed by atoms with van der Waals surface area (Å²) in [5, 5.41) is 0. The fourth-order valence-corrected chi connectivity index (χ4v) is 5.04. The number of halogens is 2. The van der Waals surface area contributed by atoms with Gasteiger partial charge in [0.15, 0.2) is 0 Å². The van der Waals surface area contributed by atoms with E-state index in [0.717, 1.165) is 23.6 Å². The van der Waals surface area contributed by atoms with Gasteiger partial charge in [0.25, 0.3) is 17.4 Å². The molecule has 2 aromatic heterocycles. The molecule has 2 saturated heterocycles. The summed E-state index contributed by atoms with van der Waals surface area (Å²) in [6.45, 7) is 1.58. The van der Waals surface area contributed by atoms with Crippen molar-refractivity contribution >= 4 is 11.9 Å². The zero-order valence-corrected chi connectivity index (χ0v) is 16.5. The molecule has 9 heteroatoms. The van der Waals surface area contributed by atoms with Crippen LogP contribution in [0.3, 0.4) is 0 Å². The molecule has 0 spiro atoms. The van der Waals surface area contributed by atoms with Crippen LogP contribution in [-0.4, -0.2) is 57.4 Å². The number of likely N-dealkylation sites (tertiary alicyclic amines) is 1. The highest BCUT2D eigenvalue weighted by Crippen LogP contribution is 2.36. The SMILES string of the molecule is O=C(c1ccc2n(c1=O)C[C@H]1C[C@@H]2CN(c2ncccn2)C1)N1CCCC(F)(F)C1. The molecule has 7 nitrogen and oxygen atoms in total. The summed E-state index contributed by atoms with van der Waals surface area (Å²) in [6.07, 6.45) is 4.42. The third kappa shape index (κ3) is 3.36. The van der Waals surface area contributed by atoms with E-state index in [1.54, 1.807) is 23.0 Å². The van der Waals surface area contributed by atoms with Gasteiger partial charge in [-0.3, -0.25) is 9.59 Å². The lowest BCUT2D eigenvalue weighted by atomic mass is 9.83. The topological polar surface area (TPSA) is 71.3 Å². The lowest BCUT2D eigenvalue weighted by Gasteiger charge is -2.43. The van der Waals surface area contributed by atoms with E-state index in [4.69, 9.17) is 0 Å². The van der Waals surface area contributed by atoms with Crippen LogP contribution in [-0.2, 0) is 6.54 Å². The van der Waals surface area contributed by atoms with E-state index in [9.17, 15) is 18.4 Å². The molecule has 30 heavy (non-hydrogen) atoms. The van der Waals surface area contributed by atoms with Crippen molar-refractivity contribution in [1.29, 1.82) is 0 Å². The van der Waals surface area contributed by atoms with E-state index < -0.39 is 18.4 Å². The molecule has 158 valence electrons. The molecule has 5 rings (SSSR count). The van der Waals surface area contributed by atoms with Crippen LogP contribution < -0.4 is 10.5 Å². The number of aromatic nitrogens is 3. The summed E-state index contributed by atoms with van der Waals surface area (Å²) < 4.78 is 29.2. The summed E-state index contributed by atoms with van der Waals surface area (Å²) in [5.74, 6) is -2.43. The number of carbonyl (C=O) groups excluding carboxylic acids is 1. The minimum Gasteiger partial charge on any atom is -0.340 e. The van der Waals surface area contributed by atoms with Crippen LogP contribution in [0.5, 0.6) is 0 Å². The maximum atomic E-state index is 13.7. The quantitative estimate of drug-likeness (QED) is 0.752. The second-order valence-electron chi connectivity index (χ2n) is 8.53. The van der Waals surface area contributed by atoms with Crippen LogP contribution in [0.4, 0.5) is 14.7 Å². The Labute approximate surface area is 172 Å². The Morgan fingerprint density at radius 2 is 1.93 bits per heavy atom. The monoisotopic (exact) mass is 415 g/mol. The molecule has 5 heterocycles. The Hall–Kier alpha value is -2.84. The van der Waals surface area contributed by atoms with E-state index in [1.165, 1.54) is 6.07 Å².